The minimum Gasteiger partial charge on any atom is -0.391 e. The maximum absolute atomic E-state index is 12.0. The van der Waals surface area contributed by atoms with Crippen LogP contribution in [0.25, 0.3) is 0 Å². The molecular formula is C16H22ClNO2. The summed E-state index contributed by atoms with van der Waals surface area (Å²) in [6, 6.07) is 7.50. The molecule has 1 saturated carbocycles. The van der Waals surface area contributed by atoms with Crippen molar-refractivity contribution in [2.45, 2.75) is 57.1 Å². The number of aliphatic hydroxyl groups excluding tert-OH is 1. The Kier molecular flexibility index (Phi) is 5.86. The van der Waals surface area contributed by atoms with Crippen LogP contribution >= 0.6 is 11.6 Å². The highest BCUT2D eigenvalue weighted by molar-refractivity contribution is 6.31. The number of carbonyl (C=O) groups excluding carboxylic acids is 1. The molecule has 2 unspecified atom stereocenters. The number of amides is 1. The van der Waals surface area contributed by atoms with Crippen molar-refractivity contribution in [3.05, 3.63) is 34.9 Å². The van der Waals surface area contributed by atoms with Crippen molar-refractivity contribution in [1.82, 2.24) is 5.32 Å². The van der Waals surface area contributed by atoms with E-state index in [2.05, 4.69) is 5.32 Å². The third kappa shape index (κ3) is 4.50. The molecule has 110 valence electrons. The monoisotopic (exact) mass is 295 g/mol. The van der Waals surface area contributed by atoms with Crippen LogP contribution in [0.15, 0.2) is 24.3 Å². The molecule has 3 nitrogen and oxygen atoms in total. The highest BCUT2D eigenvalue weighted by Gasteiger charge is 2.22. The zero-order chi connectivity index (χ0) is 14.4. The van der Waals surface area contributed by atoms with Crippen LogP contribution < -0.4 is 5.32 Å². The van der Waals surface area contributed by atoms with Crippen LogP contribution in [0, 0.1) is 0 Å². The SMILES string of the molecule is O=C(CCc1ccccc1Cl)NC1CCCCCC1O. The summed E-state index contributed by atoms with van der Waals surface area (Å²) in [6.45, 7) is 0. The average molecular weight is 296 g/mol. The molecule has 20 heavy (non-hydrogen) atoms. The average Bonchev–Trinajstić information content (AvgIpc) is 2.63. The summed E-state index contributed by atoms with van der Waals surface area (Å²) in [6.07, 6.45) is 5.57. The van der Waals surface area contributed by atoms with E-state index < -0.39 is 6.10 Å². The van der Waals surface area contributed by atoms with Gasteiger partial charge < -0.3 is 10.4 Å². The number of nitrogens with one attached hydrogen (secondary N) is 1. The second-order valence-corrected chi connectivity index (χ2v) is 5.88. The molecule has 1 aromatic rings. The number of hydrogen-bond acceptors (Lipinski definition) is 2. The van der Waals surface area contributed by atoms with E-state index in [-0.39, 0.29) is 11.9 Å². The molecule has 2 N–H and O–H groups in total. The zero-order valence-corrected chi connectivity index (χ0v) is 12.4. The minimum absolute atomic E-state index is 0.00382. The molecule has 1 fully saturated rings. The first-order valence-corrected chi connectivity index (χ1v) is 7.75. The van der Waals surface area contributed by atoms with Gasteiger partial charge in [-0.2, -0.15) is 0 Å². The molecule has 0 saturated heterocycles. The standard InChI is InChI=1S/C16H22ClNO2/c17-13-7-5-4-6-12(13)10-11-16(20)18-14-8-2-1-3-9-15(14)19/h4-7,14-15,19H,1-3,8-11H2,(H,18,20). The number of hydrogen-bond donors (Lipinski definition) is 2. The number of carbonyl (C=O) groups is 1. The van der Waals surface area contributed by atoms with Gasteiger partial charge in [0.1, 0.15) is 0 Å². The number of halogens is 1. The fourth-order valence-electron chi connectivity index (χ4n) is 2.68. The van der Waals surface area contributed by atoms with Crippen molar-refractivity contribution >= 4 is 17.5 Å². The maximum Gasteiger partial charge on any atom is 0.220 e. The van der Waals surface area contributed by atoms with E-state index in [1.165, 1.54) is 0 Å². The van der Waals surface area contributed by atoms with Gasteiger partial charge in [0, 0.05) is 11.4 Å². The fourth-order valence-corrected chi connectivity index (χ4v) is 2.91. The normalized spacial score (nSPS) is 23.1. The second kappa shape index (κ2) is 7.65. The van der Waals surface area contributed by atoms with Crippen LogP contribution in [-0.4, -0.2) is 23.2 Å². The van der Waals surface area contributed by atoms with E-state index in [4.69, 9.17) is 11.6 Å². The van der Waals surface area contributed by atoms with E-state index in [0.29, 0.717) is 17.9 Å². The maximum atomic E-state index is 12.0. The Morgan fingerprint density at radius 1 is 1.25 bits per heavy atom. The van der Waals surface area contributed by atoms with Gasteiger partial charge >= 0.3 is 0 Å². The van der Waals surface area contributed by atoms with Gasteiger partial charge in [-0.1, -0.05) is 49.1 Å². The predicted octanol–water partition coefficient (Wildman–Crippen LogP) is 3.08. The molecule has 2 rings (SSSR count). The minimum atomic E-state index is -0.401. The Morgan fingerprint density at radius 3 is 2.80 bits per heavy atom. The van der Waals surface area contributed by atoms with Crippen molar-refractivity contribution in [1.29, 1.82) is 0 Å². The Labute approximate surface area is 125 Å². The molecule has 0 bridgehead atoms. The van der Waals surface area contributed by atoms with Gasteiger partial charge in [0.2, 0.25) is 5.91 Å². The summed E-state index contributed by atoms with van der Waals surface area (Å²) in [5, 5.41) is 13.7. The van der Waals surface area contributed by atoms with Gasteiger partial charge in [0.15, 0.2) is 0 Å². The van der Waals surface area contributed by atoms with E-state index in [1.807, 2.05) is 24.3 Å². The van der Waals surface area contributed by atoms with Crippen LogP contribution in [0.4, 0.5) is 0 Å². The lowest BCUT2D eigenvalue weighted by molar-refractivity contribution is -0.122. The number of aryl methyl sites for hydroxylation is 1. The number of aliphatic hydroxyl groups is 1. The van der Waals surface area contributed by atoms with Gasteiger partial charge in [-0.25, -0.2) is 0 Å². The summed E-state index contributed by atoms with van der Waals surface area (Å²) in [7, 11) is 0. The molecule has 2 atom stereocenters. The molecule has 1 aromatic carbocycles. The molecule has 0 heterocycles. The van der Waals surface area contributed by atoms with Crippen molar-refractivity contribution in [2.75, 3.05) is 0 Å². The fraction of sp³-hybridized carbons (Fsp3) is 0.562. The Morgan fingerprint density at radius 2 is 2.00 bits per heavy atom. The van der Waals surface area contributed by atoms with Crippen LogP contribution in [0.3, 0.4) is 0 Å². The van der Waals surface area contributed by atoms with Crippen LogP contribution in [0.5, 0.6) is 0 Å². The number of rotatable bonds is 4. The molecule has 0 spiro atoms. The van der Waals surface area contributed by atoms with Crippen molar-refractivity contribution < 1.29 is 9.90 Å². The first-order valence-electron chi connectivity index (χ1n) is 7.37. The van der Waals surface area contributed by atoms with E-state index in [1.54, 1.807) is 0 Å². The quantitative estimate of drug-likeness (QED) is 0.839. The lowest BCUT2D eigenvalue weighted by atomic mass is 10.1. The smallest absolute Gasteiger partial charge is 0.220 e. The van der Waals surface area contributed by atoms with E-state index in [9.17, 15) is 9.90 Å². The molecule has 0 radical (unpaired) electrons. The highest BCUT2D eigenvalue weighted by atomic mass is 35.5. The van der Waals surface area contributed by atoms with Gasteiger partial charge in [0.05, 0.1) is 12.1 Å². The van der Waals surface area contributed by atoms with Crippen LogP contribution in [0.1, 0.15) is 44.1 Å². The third-order valence-electron chi connectivity index (χ3n) is 3.91. The van der Waals surface area contributed by atoms with E-state index >= 15 is 0 Å². The summed E-state index contributed by atoms with van der Waals surface area (Å²) < 4.78 is 0. The van der Waals surface area contributed by atoms with Crippen molar-refractivity contribution in [3.63, 3.8) is 0 Å². The summed E-state index contributed by atoms with van der Waals surface area (Å²) in [5.74, 6) is -0.00382. The summed E-state index contributed by atoms with van der Waals surface area (Å²) in [5.41, 5.74) is 0.991. The summed E-state index contributed by atoms with van der Waals surface area (Å²) >= 11 is 6.07. The van der Waals surface area contributed by atoms with Gasteiger partial charge in [-0.3, -0.25) is 4.79 Å². The zero-order valence-electron chi connectivity index (χ0n) is 11.6. The largest absolute Gasteiger partial charge is 0.391 e. The summed E-state index contributed by atoms with van der Waals surface area (Å²) in [4.78, 5) is 12.0. The molecule has 1 amide bonds. The van der Waals surface area contributed by atoms with Gasteiger partial charge in [0.25, 0.3) is 0 Å². The molecular weight excluding hydrogens is 274 g/mol. The molecule has 0 aliphatic heterocycles. The first kappa shape index (κ1) is 15.3. The van der Waals surface area contributed by atoms with Crippen molar-refractivity contribution in [3.8, 4) is 0 Å². The lowest BCUT2D eigenvalue weighted by Crippen LogP contribution is -2.42. The Bertz CT molecular complexity index is 450. The Hall–Kier alpha value is -1.06. The van der Waals surface area contributed by atoms with Gasteiger partial charge in [-0.05, 0) is 30.9 Å². The van der Waals surface area contributed by atoms with Gasteiger partial charge in [-0.15, -0.1) is 0 Å². The first-order chi connectivity index (χ1) is 9.66. The second-order valence-electron chi connectivity index (χ2n) is 5.47. The molecule has 1 aliphatic rings. The Balaban J connectivity index is 1.81. The van der Waals surface area contributed by atoms with E-state index in [0.717, 1.165) is 37.7 Å². The van der Waals surface area contributed by atoms with Crippen LogP contribution in [0.2, 0.25) is 5.02 Å². The third-order valence-corrected chi connectivity index (χ3v) is 4.27. The molecule has 0 aromatic heterocycles. The molecule has 1 aliphatic carbocycles. The predicted molar refractivity (Wildman–Crippen MR) is 80.8 cm³/mol. The molecule has 4 heteroatoms. The number of benzene rings is 1. The van der Waals surface area contributed by atoms with Crippen LogP contribution in [-0.2, 0) is 11.2 Å². The lowest BCUT2D eigenvalue weighted by Gasteiger charge is -2.21. The van der Waals surface area contributed by atoms with Crippen molar-refractivity contribution in [2.24, 2.45) is 0 Å². The highest BCUT2D eigenvalue weighted by Crippen LogP contribution is 2.19. The topological polar surface area (TPSA) is 49.3 Å².